The molecule has 14 heavy (non-hydrogen) atoms. The maximum Gasteiger partial charge on any atom is 0.347 e. The monoisotopic (exact) mass is 213 g/mol. The summed E-state index contributed by atoms with van der Waals surface area (Å²) in [5, 5.41) is 8.92. The van der Waals surface area contributed by atoms with Crippen LogP contribution in [0.5, 0.6) is 0 Å². The minimum Gasteiger partial charge on any atom is -0.477 e. The molecule has 0 aliphatic heterocycles. The molecule has 0 aliphatic carbocycles. The van der Waals surface area contributed by atoms with Crippen LogP contribution in [0.25, 0.3) is 0 Å². The van der Waals surface area contributed by atoms with Crippen LogP contribution in [0, 0.1) is 5.92 Å². The Balaban J connectivity index is 2.87. The Bertz CT molecular complexity index is 359. The number of carbonyl (C=O) groups is 2. The fourth-order valence-electron chi connectivity index (χ4n) is 0.883. The molecule has 1 N–H and O–H groups in total. The zero-order chi connectivity index (χ0) is 10.7. The molecule has 0 saturated heterocycles. The zero-order valence-electron chi connectivity index (χ0n) is 7.98. The quantitative estimate of drug-likeness (QED) is 0.777. The van der Waals surface area contributed by atoms with Gasteiger partial charge in [-0.1, -0.05) is 13.8 Å². The molecule has 76 valence electrons. The third-order valence-electron chi connectivity index (χ3n) is 1.99. The lowest BCUT2D eigenvalue weighted by molar-refractivity contribution is 0.0701. The Kier molecular flexibility index (Phi) is 3.35. The smallest absolute Gasteiger partial charge is 0.347 e. The second kappa shape index (κ2) is 4.32. The highest BCUT2D eigenvalue weighted by molar-refractivity contribution is 7.15. The van der Waals surface area contributed by atoms with Crippen molar-refractivity contribution in [2.75, 3.05) is 0 Å². The van der Waals surface area contributed by atoms with Crippen molar-refractivity contribution in [3.63, 3.8) is 0 Å². The van der Waals surface area contributed by atoms with Gasteiger partial charge in [0.1, 0.15) is 4.88 Å². The van der Waals surface area contributed by atoms with Crippen molar-refractivity contribution < 1.29 is 14.7 Å². The number of carboxylic acid groups (broad SMARTS) is 1. The predicted molar refractivity (Wildman–Crippen MR) is 52.9 cm³/mol. The van der Waals surface area contributed by atoms with Gasteiger partial charge in [0, 0.05) is 5.92 Å². The van der Waals surface area contributed by atoms with Gasteiger partial charge in [0.25, 0.3) is 0 Å². The third kappa shape index (κ3) is 2.17. The van der Waals surface area contributed by atoms with E-state index in [2.05, 4.69) is 4.98 Å². The summed E-state index contributed by atoms with van der Waals surface area (Å²) in [6.07, 6.45) is 1.96. The van der Waals surface area contributed by atoms with E-state index in [1.165, 1.54) is 6.20 Å². The lowest BCUT2D eigenvalue weighted by Gasteiger charge is -2.02. The number of ketones is 1. The number of aromatic nitrogens is 1. The summed E-state index contributed by atoms with van der Waals surface area (Å²) in [6.45, 7) is 3.72. The Morgan fingerprint density at radius 3 is 2.71 bits per heavy atom. The first-order valence-corrected chi connectivity index (χ1v) is 5.11. The van der Waals surface area contributed by atoms with E-state index in [9.17, 15) is 9.59 Å². The normalized spacial score (nSPS) is 12.4. The van der Waals surface area contributed by atoms with E-state index >= 15 is 0 Å². The number of Topliss-reactive ketones (excluding diaryl/α,β-unsaturated/α-hetero) is 1. The number of aromatic carboxylic acids is 1. The van der Waals surface area contributed by atoms with Crippen LogP contribution in [0.1, 0.15) is 39.7 Å². The highest BCUT2D eigenvalue weighted by Crippen LogP contribution is 2.18. The maximum absolute atomic E-state index is 11.6. The molecule has 1 unspecified atom stereocenters. The molecule has 0 aromatic carbocycles. The molecule has 1 atom stereocenters. The summed E-state index contributed by atoms with van der Waals surface area (Å²) in [5.41, 5.74) is 0. The Hall–Kier alpha value is -1.23. The van der Waals surface area contributed by atoms with Crippen LogP contribution < -0.4 is 0 Å². The first kappa shape index (κ1) is 10.8. The van der Waals surface area contributed by atoms with Crippen LogP contribution in [0.2, 0.25) is 0 Å². The van der Waals surface area contributed by atoms with E-state index in [0.29, 0.717) is 0 Å². The largest absolute Gasteiger partial charge is 0.477 e. The second-order valence-corrected chi connectivity index (χ2v) is 4.04. The molecule has 0 spiro atoms. The molecule has 0 aliphatic rings. The number of hydrogen-bond donors (Lipinski definition) is 1. The highest BCUT2D eigenvalue weighted by atomic mass is 32.1. The first-order chi connectivity index (χ1) is 6.56. The average Bonchev–Trinajstić information content (AvgIpc) is 2.64. The molecule has 1 aromatic rings. The van der Waals surface area contributed by atoms with Crippen molar-refractivity contribution in [1.82, 2.24) is 4.98 Å². The van der Waals surface area contributed by atoms with E-state index in [-0.39, 0.29) is 21.6 Å². The lowest BCUT2D eigenvalue weighted by Crippen LogP contribution is -2.09. The van der Waals surface area contributed by atoms with E-state index in [1.807, 2.05) is 13.8 Å². The molecular formula is C9H11NO3S. The number of carbonyl (C=O) groups excluding carboxylic acids is 1. The Morgan fingerprint density at radius 2 is 2.29 bits per heavy atom. The van der Waals surface area contributed by atoms with Crippen molar-refractivity contribution >= 4 is 23.1 Å². The molecule has 0 radical (unpaired) electrons. The van der Waals surface area contributed by atoms with Crippen LogP contribution >= 0.6 is 11.3 Å². The molecular weight excluding hydrogens is 202 g/mol. The SMILES string of the molecule is CCC(C)C(=O)c1ncc(C(=O)O)s1. The molecule has 5 heteroatoms. The third-order valence-corrected chi connectivity index (χ3v) is 2.99. The summed E-state index contributed by atoms with van der Waals surface area (Å²) in [5.74, 6) is -1.21. The maximum atomic E-state index is 11.6. The fraction of sp³-hybridized carbons (Fsp3) is 0.444. The number of rotatable bonds is 4. The number of nitrogens with zero attached hydrogens (tertiary/aromatic N) is 1. The van der Waals surface area contributed by atoms with Gasteiger partial charge >= 0.3 is 5.97 Å². The van der Waals surface area contributed by atoms with Gasteiger partial charge in [-0.3, -0.25) is 4.79 Å². The van der Waals surface area contributed by atoms with Gasteiger partial charge in [0.15, 0.2) is 10.8 Å². The van der Waals surface area contributed by atoms with Crippen molar-refractivity contribution in [3.8, 4) is 0 Å². The van der Waals surface area contributed by atoms with Crippen LogP contribution in [0.15, 0.2) is 6.20 Å². The summed E-state index contributed by atoms with van der Waals surface area (Å²) in [7, 11) is 0. The highest BCUT2D eigenvalue weighted by Gasteiger charge is 2.18. The second-order valence-electron chi connectivity index (χ2n) is 3.01. The number of hydrogen-bond acceptors (Lipinski definition) is 4. The van der Waals surface area contributed by atoms with Gasteiger partial charge in [-0.15, -0.1) is 11.3 Å². The molecule has 0 saturated carbocycles. The van der Waals surface area contributed by atoms with E-state index < -0.39 is 5.97 Å². The van der Waals surface area contributed by atoms with Gasteiger partial charge in [-0.05, 0) is 6.42 Å². The van der Waals surface area contributed by atoms with Crippen LogP contribution in [-0.2, 0) is 0 Å². The number of carboxylic acids is 1. The summed E-state index contributed by atoms with van der Waals surface area (Å²) in [4.78, 5) is 26.0. The summed E-state index contributed by atoms with van der Waals surface area (Å²) >= 11 is 0.933. The Labute approximate surface area is 85.6 Å². The molecule has 1 aromatic heterocycles. The van der Waals surface area contributed by atoms with Gasteiger partial charge in [-0.2, -0.15) is 0 Å². The van der Waals surface area contributed by atoms with Crippen molar-refractivity contribution in [1.29, 1.82) is 0 Å². The van der Waals surface area contributed by atoms with E-state index in [0.717, 1.165) is 17.8 Å². The standard InChI is InChI=1S/C9H11NO3S/c1-3-5(2)7(11)8-10-4-6(14-8)9(12)13/h4-5H,3H2,1-2H3,(H,12,13). The summed E-state index contributed by atoms with van der Waals surface area (Å²) < 4.78 is 0. The molecule has 0 fully saturated rings. The van der Waals surface area contributed by atoms with Crippen molar-refractivity contribution in [2.45, 2.75) is 20.3 Å². The van der Waals surface area contributed by atoms with Gasteiger partial charge < -0.3 is 5.11 Å². The predicted octanol–water partition coefficient (Wildman–Crippen LogP) is 2.07. The minimum atomic E-state index is -1.04. The molecule has 1 heterocycles. The van der Waals surface area contributed by atoms with Crippen LogP contribution in [0.4, 0.5) is 0 Å². The molecule has 0 bridgehead atoms. The summed E-state index contributed by atoms with van der Waals surface area (Å²) in [6, 6.07) is 0. The minimum absolute atomic E-state index is 0.0787. The van der Waals surface area contributed by atoms with Gasteiger partial charge in [0.2, 0.25) is 0 Å². The van der Waals surface area contributed by atoms with E-state index in [1.54, 1.807) is 0 Å². The average molecular weight is 213 g/mol. The van der Waals surface area contributed by atoms with Crippen LogP contribution in [-0.4, -0.2) is 21.8 Å². The molecule has 0 amide bonds. The van der Waals surface area contributed by atoms with Crippen molar-refractivity contribution in [3.05, 3.63) is 16.1 Å². The fourth-order valence-corrected chi connectivity index (χ4v) is 1.69. The Morgan fingerprint density at radius 1 is 1.64 bits per heavy atom. The van der Waals surface area contributed by atoms with E-state index in [4.69, 9.17) is 5.11 Å². The van der Waals surface area contributed by atoms with Crippen LogP contribution in [0.3, 0.4) is 0 Å². The molecule has 4 nitrogen and oxygen atoms in total. The van der Waals surface area contributed by atoms with Crippen molar-refractivity contribution in [2.24, 2.45) is 5.92 Å². The lowest BCUT2D eigenvalue weighted by atomic mass is 10.0. The first-order valence-electron chi connectivity index (χ1n) is 4.29. The van der Waals surface area contributed by atoms with Gasteiger partial charge in [-0.25, -0.2) is 9.78 Å². The van der Waals surface area contributed by atoms with Gasteiger partial charge in [0.05, 0.1) is 6.20 Å². The zero-order valence-corrected chi connectivity index (χ0v) is 8.80. The topological polar surface area (TPSA) is 67.3 Å². The molecule has 1 rings (SSSR count). The number of thiazole rings is 1.